The molecule has 1 N–H and O–H groups in total. The minimum absolute atomic E-state index is 0.0745. The van der Waals surface area contributed by atoms with Gasteiger partial charge in [0.15, 0.2) is 5.52 Å². The number of nitrogens with one attached hydrogen (secondary N) is 1. The summed E-state index contributed by atoms with van der Waals surface area (Å²) in [6.07, 6.45) is 1.55. The molecule has 0 bridgehead atoms. The topological polar surface area (TPSA) is 122 Å². The molecule has 10 nitrogen and oxygen atoms in total. The van der Waals surface area contributed by atoms with E-state index in [1.54, 1.807) is 35.4 Å². The van der Waals surface area contributed by atoms with Crippen LogP contribution in [0.25, 0.3) is 11.0 Å². The van der Waals surface area contributed by atoms with E-state index in [4.69, 9.17) is 4.42 Å². The summed E-state index contributed by atoms with van der Waals surface area (Å²) in [5.74, 6) is 0.673. The predicted octanol–water partition coefficient (Wildman–Crippen LogP) is 1.34. The maximum atomic E-state index is 13.1. The van der Waals surface area contributed by atoms with Gasteiger partial charge in [-0.1, -0.05) is 6.07 Å². The number of urea groups is 1. The summed E-state index contributed by atoms with van der Waals surface area (Å²) in [5, 5.41) is 10.2. The number of furan rings is 1. The third-order valence-electron chi connectivity index (χ3n) is 5.15. The Morgan fingerprint density at radius 1 is 1.07 bits per heavy atom. The molecule has 0 fully saturated rings. The number of carbonyl (C=O) groups excluding carboxylic acids is 1. The molecule has 11 heteroatoms. The molecule has 150 valence electrons. The predicted molar refractivity (Wildman–Crippen MR) is 100 cm³/mol. The number of hydrogen-bond donors (Lipinski definition) is 1. The molecule has 2 aliphatic heterocycles. The van der Waals surface area contributed by atoms with E-state index in [0.29, 0.717) is 30.9 Å². The van der Waals surface area contributed by atoms with Crippen molar-refractivity contribution in [2.45, 2.75) is 11.4 Å². The highest BCUT2D eigenvalue weighted by Gasteiger charge is 2.38. The van der Waals surface area contributed by atoms with Gasteiger partial charge in [0.05, 0.1) is 12.8 Å². The van der Waals surface area contributed by atoms with Crippen molar-refractivity contribution in [3.63, 3.8) is 0 Å². The molecular formula is C18H17N5O5S. The highest BCUT2D eigenvalue weighted by Crippen LogP contribution is 2.31. The van der Waals surface area contributed by atoms with Gasteiger partial charge < -0.3 is 14.6 Å². The van der Waals surface area contributed by atoms with E-state index >= 15 is 0 Å². The van der Waals surface area contributed by atoms with Gasteiger partial charge in [0, 0.05) is 26.2 Å². The van der Waals surface area contributed by atoms with Crippen molar-refractivity contribution in [3.05, 3.63) is 53.5 Å². The fourth-order valence-corrected chi connectivity index (χ4v) is 5.24. The lowest BCUT2D eigenvalue weighted by atomic mass is 10.2. The van der Waals surface area contributed by atoms with Crippen LogP contribution in [0.15, 0.2) is 61.7 Å². The van der Waals surface area contributed by atoms with Crippen LogP contribution < -0.4 is 5.32 Å². The van der Waals surface area contributed by atoms with Crippen molar-refractivity contribution >= 4 is 27.1 Å². The minimum atomic E-state index is -3.76. The van der Waals surface area contributed by atoms with Crippen LogP contribution in [0, 0.1) is 0 Å². The first kappa shape index (κ1) is 17.9. The first-order chi connectivity index (χ1) is 14.0. The fourth-order valence-electron chi connectivity index (χ4n) is 3.68. The molecule has 29 heavy (non-hydrogen) atoms. The average Bonchev–Trinajstić information content (AvgIpc) is 3.48. The summed E-state index contributed by atoms with van der Waals surface area (Å²) < 4.78 is 37.5. The summed E-state index contributed by atoms with van der Waals surface area (Å²) in [4.78, 5) is 14.1. The third kappa shape index (κ3) is 3.08. The Hall–Kier alpha value is -3.18. The number of aromatic nitrogens is 2. The quantitative estimate of drug-likeness (QED) is 0.638. The van der Waals surface area contributed by atoms with Gasteiger partial charge in [-0.25, -0.2) is 17.8 Å². The molecule has 0 atom stereocenters. The van der Waals surface area contributed by atoms with E-state index in [1.807, 2.05) is 0 Å². The number of sulfonamides is 1. The maximum Gasteiger partial charge on any atom is 0.318 e. The van der Waals surface area contributed by atoms with Crippen LogP contribution in [0.4, 0.5) is 4.79 Å². The standard InChI is InChI=1S/C18H17N5O5S/c24-18(19-7-14-3-2-6-27-14)22-8-12-10-23(11-13(12)9-22)29(25,26)16-5-1-4-15-17(16)21-28-20-15/h1-6H,7-11H2,(H,19,24). The van der Waals surface area contributed by atoms with Gasteiger partial charge in [0.25, 0.3) is 0 Å². The second-order valence-electron chi connectivity index (χ2n) is 6.96. The minimum Gasteiger partial charge on any atom is -0.467 e. The third-order valence-corrected chi connectivity index (χ3v) is 6.97. The molecule has 4 heterocycles. The first-order valence-electron chi connectivity index (χ1n) is 8.99. The van der Waals surface area contributed by atoms with E-state index in [9.17, 15) is 13.2 Å². The van der Waals surface area contributed by atoms with Gasteiger partial charge in [0.2, 0.25) is 10.0 Å². The lowest BCUT2D eigenvalue weighted by Gasteiger charge is -2.22. The van der Waals surface area contributed by atoms with Gasteiger partial charge >= 0.3 is 6.03 Å². The molecule has 0 saturated heterocycles. The molecule has 5 rings (SSSR count). The molecule has 0 spiro atoms. The molecule has 2 aliphatic rings. The molecular weight excluding hydrogens is 398 g/mol. The normalized spacial score (nSPS) is 17.3. The van der Waals surface area contributed by atoms with Gasteiger partial charge in [-0.05, 0) is 45.7 Å². The van der Waals surface area contributed by atoms with Gasteiger partial charge in [0.1, 0.15) is 16.2 Å². The Morgan fingerprint density at radius 3 is 2.59 bits per heavy atom. The SMILES string of the molecule is O=C(NCc1ccco1)N1CC2=C(C1)CN(S(=O)(=O)c1cccc3nonc13)C2. The molecule has 0 aliphatic carbocycles. The Labute approximate surface area is 165 Å². The van der Waals surface area contributed by atoms with E-state index in [-0.39, 0.29) is 29.5 Å². The number of nitrogens with zero attached hydrogens (tertiary/aromatic N) is 4. The van der Waals surface area contributed by atoms with Gasteiger partial charge in [-0.3, -0.25) is 0 Å². The van der Waals surface area contributed by atoms with Crippen molar-refractivity contribution in [1.29, 1.82) is 0 Å². The second-order valence-corrected chi connectivity index (χ2v) is 8.87. The first-order valence-corrected chi connectivity index (χ1v) is 10.4. The van der Waals surface area contributed by atoms with E-state index in [1.165, 1.54) is 10.4 Å². The zero-order valence-electron chi connectivity index (χ0n) is 15.2. The smallest absolute Gasteiger partial charge is 0.318 e. The summed E-state index contributed by atoms with van der Waals surface area (Å²) in [5.41, 5.74) is 2.52. The highest BCUT2D eigenvalue weighted by atomic mass is 32.2. The van der Waals surface area contributed by atoms with Gasteiger partial charge in [-0.15, -0.1) is 0 Å². The van der Waals surface area contributed by atoms with E-state index < -0.39 is 10.0 Å². The van der Waals surface area contributed by atoms with Crippen molar-refractivity contribution in [3.8, 4) is 0 Å². The number of hydrogen-bond acceptors (Lipinski definition) is 7. The Balaban J connectivity index is 1.25. The lowest BCUT2D eigenvalue weighted by Crippen LogP contribution is -2.41. The zero-order chi connectivity index (χ0) is 20.0. The molecule has 0 unspecified atom stereocenters. The monoisotopic (exact) mass is 415 g/mol. The molecule has 0 saturated carbocycles. The summed E-state index contributed by atoms with van der Waals surface area (Å²) >= 11 is 0. The van der Waals surface area contributed by atoms with E-state index in [0.717, 1.165) is 11.1 Å². The molecule has 0 radical (unpaired) electrons. The van der Waals surface area contributed by atoms with Crippen molar-refractivity contribution in [1.82, 2.24) is 24.8 Å². The number of carbonyl (C=O) groups is 1. The van der Waals surface area contributed by atoms with Crippen LogP contribution in [-0.2, 0) is 16.6 Å². The Bertz CT molecular complexity index is 1200. The number of rotatable bonds is 4. The van der Waals surface area contributed by atoms with Crippen LogP contribution in [-0.4, -0.2) is 60.1 Å². The van der Waals surface area contributed by atoms with Crippen molar-refractivity contribution in [2.24, 2.45) is 0 Å². The number of fused-ring (bicyclic) bond motifs is 1. The number of amides is 2. The average molecular weight is 415 g/mol. The van der Waals surface area contributed by atoms with E-state index in [2.05, 4.69) is 20.3 Å². The van der Waals surface area contributed by atoms with Gasteiger partial charge in [-0.2, -0.15) is 4.31 Å². The summed E-state index contributed by atoms with van der Waals surface area (Å²) in [6.45, 7) is 1.62. The van der Waals surface area contributed by atoms with Crippen molar-refractivity contribution in [2.75, 3.05) is 26.2 Å². The largest absolute Gasteiger partial charge is 0.467 e. The lowest BCUT2D eigenvalue weighted by molar-refractivity contribution is 0.207. The highest BCUT2D eigenvalue weighted by molar-refractivity contribution is 7.89. The fraction of sp³-hybridized carbons (Fsp3) is 0.278. The van der Waals surface area contributed by atoms with Crippen LogP contribution >= 0.6 is 0 Å². The van der Waals surface area contributed by atoms with Crippen LogP contribution in [0.5, 0.6) is 0 Å². The van der Waals surface area contributed by atoms with Crippen molar-refractivity contribution < 1.29 is 22.3 Å². The molecule has 1 aromatic carbocycles. The molecule has 3 aromatic rings. The molecule has 2 amide bonds. The van der Waals surface area contributed by atoms with Crippen LogP contribution in [0.3, 0.4) is 0 Å². The summed E-state index contributed by atoms with van der Waals surface area (Å²) in [6, 6.07) is 8.10. The Morgan fingerprint density at radius 2 is 1.86 bits per heavy atom. The maximum absolute atomic E-state index is 13.1. The zero-order valence-corrected chi connectivity index (χ0v) is 16.1. The van der Waals surface area contributed by atoms with Crippen LogP contribution in [0.1, 0.15) is 5.76 Å². The summed E-state index contributed by atoms with van der Waals surface area (Å²) in [7, 11) is -3.76. The molecule has 2 aromatic heterocycles. The second kappa shape index (κ2) is 6.71. The number of benzene rings is 1. The van der Waals surface area contributed by atoms with Crippen LogP contribution in [0.2, 0.25) is 0 Å². The Kier molecular flexibility index (Phi) is 4.14.